The number of imide groups is 1. The summed E-state index contributed by atoms with van der Waals surface area (Å²) in [4.78, 5) is 42.7. The summed E-state index contributed by atoms with van der Waals surface area (Å²) in [5.41, 5.74) is -0.653. The molecule has 1 aromatic rings. The third-order valence-corrected chi connectivity index (χ3v) is 5.81. The van der Waals surface area contributed by atoms with E-state index in [4.69, 9.17) is 0 Å². The SMILES string of the molecule is CC1(c2ccc(F)cc2)NC(=O)N(CN2CCN(CC(=O)NC3CC3)CC2)C1=O. The van der Waals surface area contributed by atoms with E-state index in [1.807, 2.05) is 4.90 Å². The number of carbonyl (C=O) groups is 3. The van der Waals surface area contributed by atoms with Crippen molar-refractivity contribution in [2.45, 2.75) is 31.3 Å². The predicted octanol–water partition coefficient (Wildman–Crippen LogP) is 0.446. The molecular formula is C20H26FN5O3. The van der Waals surface area contributed by atoms with Gasteiger partial charge in [-0.25, -0.2) is 14.1 Å². The zero-order chi connectivity index (χ0) is 20.6. The average Bonchev–Trinajstić information content (AvgIpc) is 3.47. The lowest BCUT2D eigenvalue weighted by atomic mass is 9.92. The molecule has 4 amide bonds. The molecule has 0 radical (unpaired) electrons. The fraction of sp³-hybridized carbons (Fsp3) is 0.550. The highest BCUT2D eigenvalue weighted by Gasteiger charge is 2.49. The van der Waals surface area contributed by atoms with Crippen LogP contribution in [0.4, 0.5) is 9.18 Å². The summed E-state index contributed by atoms with van der Waals surface area (Å²) in [5, 5.41) is 5.73. The molecule has 156 valence electrons. The Kier molecular flexibility index (Phi) is 5.26. The maximum atomic E-state index is 13.2. The molecule has 2 heterocycles. The van der Waals surface area contributed by atoms with E-state index >= 15 is 0 Å². The van der Waals surface area contributed by atoms with Crippen molar-refractivity contribution < 1.29 is 18.8 Å². The van der Waals surface area contributed by atoms with E-state index in [9.17, 15) is 18.8 Å². The van der Waals surface area contributed by atoms with Gasteiger partial charge in [0.2, 0.25) is 5.91 Å². The first-order valence-corrected chi connectivity index (χ1v) is 9.99. The Morgan fingerprint density at radius 3 is 2.38 bits per heavy atom. The maximum absolute atomic E-state index is 13.2. The fourth-order valence-corrected chi connectivity index (χ4v) is 3.80. The predicted molar refractivity (Wildman–Crippen MR) is 103 cm³/mol. The lowest BCUT2D eigenvalue weighted by Gasteiger charge is -2.35. The molecule has 1 unspecified atom stereocenters. The molecule has 1 saturated carbocycles. The van der Waals surface area contributed by atoms with Gasteiger partial charge in [0, 0.05) is 32.2 Å². The van der Waals surface area contributed by atoms with Crippen LogP contribution in [-0.2, 0) is 15.1 Å². The highest BCUT2D eigenvalue weighted by atomic mass is 19.1. The maximum Gasteiger partial charge on any atom is 0.326 e. The van der Waals surface area contributed by atoms with Crippen molar-refractivity contribution >= 4 is 17.8 Å². The summed E-state index contributed by atoms with van der Waals surface area (Å²) in [6.45, 7) is 4.96. The van der Waals surface area contributed by atoms with Crippen LogP contribution in [0.25, 0.3) is 0 Å². The Labute approximate surface area is 169 Å². The Bertz CT molecular complexity index is 805. The van der Waals surface area contributed by atoms with E-state index in [1.165, 1.54) is 29.2 Å². The Hall–Kier alpha value is -2.52. The molecular weight excluding hydrogens is 377 g/mol. The largest absolute Gasteiger partial charge is 0.352 e. The number of carbonyl (C=O) groups excluding carboxylic acids is 3. The van der Waals surface area contributed by atoms with Crippen LogP contribution in [0.5, 0.6) is 0 Å². The van der Waals surface area contributed by atoms with Crippen LogP contribution < -0.4 is 10.6 Å². The van der Waals surface area contributed by atoms with Crippen molar-refractivity contribution in [3.8, 4) is 0 Å². The molecule has 3 aliphatic rings. The topological polar surface area (TPSA) is 85.0 Å². The van der Waals surface area contributed by atoms with Crippen molar-refractivity contribution in [3.05, 3.63) is 35.6 Å². The molecule has 1 aromatic carbocycles. The van der Waals surface area contributed by atoms with E-state index in [1.54, 1.807) is 6.92 Å². The molecule has 0 bridgehead atoms. The van der Waals surface area contributed by atoms with Gasteiger partial charge in [0.15, 0.2) is 0 Å². The molecule has 29 heavy (non-hydrogen) atoms. The zero-order valence-corrected chi connectivity index (χ0v) is 16.5. The molecule has 4 rings (SSSR count). The molecule has 0 aromatic heterocycles. The number of amides is 4. The highest BCUT2D eigenvalue weighted by molar-refractivity contribution is 6.07. The summed E-state index contributed by atoms with van der Waals surface area (Å²) in [5.74, 6) is -0.680. The Balaban J connectivity index is 1.31. The van der Waals surface area contributed by atoms with Gasteiger partial charge in [0.1, 0.15) is 11.4 Å². The van der Waals surface area contributed by atoms with Crippen LogP contribution in [0.15, 0.2) is 24.3 Å². The smallest absolute Gasteiger partial charge is 0.326 e. The van der Waals surface area contributed by atoms with Crippen molar-refractivity contribution in [1.82, 2.24) is 25.3 Å². The van der Waals surface area contributed by atoms with E-state index in [-0.39, 0.29) is 18.5 Å². The second kappa shape index (κ2) is 7.72. The van der Waals surface area contributed by atoms with Crippen LogP contribution in [0.2, 0.25) is 0 Å². The number of halogens is 1. The quantitative estimate of drug-likeness (QED) is 0.674. The molecule has 1 atom stereocenters. The summed E-state index contributed by atoms with van der Waals surface area (Å²) < 4.78 is 13.2. The molecule has 9 heteroatoms. The van der Waals surface area contributed by atoms with Crippen LogP contribution in [0, 0.1) is 5.82 Å². The van der Waals surface area contributed by atoms with Crippen LogP contribution in [-0.4, -0.2) is 78.0 Å². The number of urea groups is 1. The highest BCUT2D eigenvalue weighted by Crippen LogP contribution is 2.29. The van der Waals surface area contributed by atoms with Gasteiger partial charge in [-0.2, -0.15) is 0 Å². The number of piperazine rings is 1. The summed E-state index contributed by atoms with van der Waals surface area (Å²) >= 11 is 0. The summed E-state index contributed by atoms with van der Waals surface area (Å²) in [7, 11) is 0. The molecule has 2 N–H and O–H groups in total. The first-order valence-electron chi connectivity index (χ1n) is 9.99. The minimum absolute atomic E-state index is 0.0603. The number of nitrogens with zero attached hydrogens (tertiary/aromatic N) is 3. The van der Waals surface area contributed by atoms with Crippen molar-refractivity contribution in [2.75, 3.05) is 39.4 Å². The second-order valence-electron chi connectivity index (χ2n) is 8.17. The van der Waals surface area contributed by atoms with E-state index in [0.29, 0.717) is 44.3 Å². The molecule has 8 nitrogen and oxygen atoms in total. The van der Waals surface area contributed by atoms with E-state index in [2.05, 4.69) is 15.5 Å². The lowest BCUT2D eigenvalue weighted by molar-refractivity contribution is -0.132. The number of benzene rings is 1. The fourth-order valence-electron chi connectivity index (χ4n) is 3.80. The van der Waals surface area contributed by atoms with Crippen LogP contribution in [0.3, 0.4) is 0 Å². The van der Waals surface area contributed by atoms with Gasteiger partial charge in [-0.1, -0.05) is 12.1 Å². The standard InChI is InChI=1S/C20H26FN5O3/c1-20(14-2-4-15(21)5-3-14)18(28)26(19(29)23-20)13-25-10-8-24(9-11-25)12-17(27)22-16-6-7-16/h2-5,16H,6-13H2,1H3,(H,22,27)(H,23,29). The molecule has 2 saturated heterocycles. The second-order valence-corrected chi connectivity index (χ2v) is 8.17. The Morgan fingerprint density at radius 2 is 1.76 bits per heavy atom. The minimum Gasteiger partial charge on any atom is -0.352 e. The third kappa shape index (κ3) is 4.25. The van der Waals surface area contributed by atoms with Gasteiger partial charge < -0.3 is 10.6 Å². The molecule has 3 fully saturated rings. The lowest BCUT2D eigenvalue weighted by Crippen LogP contribution is -2.53. The number of hydrogen-bond donors (Lipinski definition) is 2. The number of nitrogens with one attached hydrogen (secondary N) is 2. The van der Waals surface area contributed by atoms with Crippen LogP contribution in [0.1, 0.15) is 25.3 Å². The van der Waals surface area contributed by atoms with Gasteiger partial charge in [0.25, 0.3) is 5.91 Å². The first kappa shape index (κ1) is 19.8. The monoisotopic (exact) mass is 403 g/mol. The van der Waals surface area contributed by atoms with Crippen molar-refractivity contribution in [2.24, 2.45) is 0 Å². The average molecular weight is 403 g/mol. The molecule has 0 spiro atoms. The molecule has 2 aliphatic heterocycles. The normalized spacial score (nSPS) is 25.9. The third-order valence-electron chi connectivity index (χ3n) is 5.81. The number of hydrogen-bond acceptors (Lipinski definition) is 5. The summed E-state index contributed by atoms with van der Waals surface area (Å²) in [6.07, 6.45) is 2.14. The van der Waals surface area contributed by atoms with Crippen LogP contribution >= 0.6 is 0 Å². The van der Waals surface area contributed by atoms with Gasteiger partial charge in [-0.3, -0.25) is 19.4 Å². The zero-order valence-electron chi connectivity index (χ0n) is 16.5. The minimum atomic E-state index is -1.20. The van der Waals surface area contributed by atoms with Crippen molar-refractivity contribution in [1.29, 1.82) is 0 Å². The van der Waals surface area contributed by atoms with Crippen molar-refractivity contribution in [3.63, 3.8) is 0 Å². The first-order chi connectivity index (χ1) is 13.8. The van der Waals surface area contributed by atoms with Gasteiger partial charge >= 0.3 is 6.03 Å². The summed E-state index contributed by atoms with van der Waals surface area (Å²) in [6, 6.07) is 5.50. The van der Waals surface area contributed by atoms with E-state index in [0.717, 1.165) is 12.8 Å². The van der Waals surface area contributed by atoms with Gasteiger partial charge in [0.05, 0.1) is 13.2 Å². The van der Waals surface area contributed by atoms with Gasteiger partial charge in [-0.05, 0) is 37.5 Å². The Morgan fingerprint density at radius 1 is 1.14 bits per heavy atom. The van der Waals surface area contributed by atoms with E-state index < -0.39 is 17.4 Å². The van der Waals surface area contributed by atoms with Gasteiger partial charge in [-0.15, -0.1) is 0 Å². The number of rotatable bonds is 6. The molecule has 1 aliphatic carbocycles.